The summed E-state index contributed by atoms with van der Waals surface area (Å²) in [6.07, 6.45) is 5.28. The molecular formula is C16H22ClNO4. The fraction of sp³-hybridized carbons (Fsp3) is 0.625. The molecular weight excluding hydrogens is 306 g/mol. The number of esters is 1. The van der Waals surface area contributed by atoms with Gasteiger partial charge in [-0.05, 0) is 32.1 Å². The lowest BCUT2D eigenvalue weighted by Crippen LogP contribution is -2.39. The van der Waals surface area contributed by atoms with Crippen molar-refractivity contribution < 1.29 is 19.5 Å². The molecule has 2 rings (SSSR count). The number of carbonyl (C=O) groups is 1. The topological polar surface area (TPSA) is 68.1 Å². The molecule has 0 bridgehead atoms. The zero-order chi connectivity index (χ0) is 16.2. The van der Waals surface area contributed by atoms with E-state index in [0.717, 1.165) is 32.1 Å². The van der Waals surface area contributed by atoms with E-state index in [4.69, 9.17) is 21.2 Å². The van der Waals surface area contributed by atoms with Crippen molar-refractivity contribution in [2.45, 2.75) is 57.5 Å². The van der Waals surface area contributed by atoms with Crippen LogP contribution in [0.2, 0.25) is 0 Å². The van der Waals surface area contributed by atoms with Crippen LogP contribution in [0.1, 0.15) is 51.9 Å². The van der Waals surface area contributed by atoms with Crippen molar-refractivity contribution in [3.8, 4) is 0 Å². The molecule has 0 unspecified atom stereocenters. The number of carbonyl (C=O) groups excluding carboxylic acids is 1. The maximum atomic E-state index is 12.4. The Morgan fingerprint density at radius 3 is 2.73 bits per heavy atom. The molecule has 5 nitrogen and oxygen atoms in total. The summed E-state index contributed by atoms with van der Waals surface area (Å²) < 4.78 is 5.64. The summed E-state index contributed by atoms with van der Waals surface area (Å²) in [6.45, 7) is 5.52. The maximum absolute atomic E-state index is 12.4. The Bertz CT molecular complexity index is 518. The summed E-state index contributed by atoms with van der Waals surface area (Å²) >= 11 is 5.62. The van der Waals surface area contributed by atoms with Crippen LogP contribution in [0, 0.1) is 0 Å². The van der Waals surface area contributed by atoms with Crippen molar-refractivity contribution in [3.63, 3.8) is 0 Å². The van der Waals surface area contributed by atoms with Crippen molar-refractivity contribution in [2.24, 2.45) is 5.16 Å². The smallest absolute Gasteiger partial charge is 0.344 e. The number of nitrogens with zero attached hydrogens (tertiary/aromatic N) is 1. The maximum Gasteiger partial charge on any atom is 0.344 e. The number of rotatable bonds is 6. The Balaban J connectivity index is 2.22. The Morgan fingerprint density at radius 2 is 2.18 bits per heavy atom. The van der Waals surface area contributed by atoms with Crippen molar-refractivity contribution >= 4 is 23.3 Å². The van der Waals surface area contributed by atoms with Crippen LogP contribution in [0.15, 0.2) is 28.1 Å². The van der Waals surface area contributed by atoms with Gasteiger partial charge in [0.1, 0.15) is 16.9 Å². The largest absolute Gasteiger partial charge is 0.511 e. The second kappa shape index (κ2) is 7.18. The van der Waals surface area contributed by atoms with E-state index in [1.807, 2.05) is 6.92 Å². The quantitative estimate of drug-likeness (QED) is 0.455. The van der Waals surface area contributed by atoms with Gasteiger partial charge in [-0.25, -0.2) is 4.79 Å². The fourth-order valence-corrected chi connectivity index (χ4v) is 3.06. The van der Waals surface area contributed by atoms with Crippen LogP contribution in [0.4, 0.5) is 0 Å². The highest BCUT2D eigenvalue weighted by Gasteiger charge is 2.44. The van der Waals surface area contributed by atoms with Gasteiger partial charge in [0.05, 0.1) is 10.7 Å². The standard InChI is InChI=1S/C16H22ClNO4/c1-3-6-12(18-21-10-11(2)17)14-13(19)9-16(22-15(14)20)7-4-5-8-16/h19H,2-10H2,1H3. The highest BCUT2D eigenvalue weighted by atomic mass is 35.5. The molecule has 0 aromatic heterocycles. The molecule has 0 radical (unpaired) electrons. The molecule has 0 atom stereocenters. The van der Waals surface area contributed by atoms with Crippen LogP contribution in [0.3, 0.4) is 0 Å². The van der Waals surface area contributed by atoms with E-state index >= 15 is 0 Å². The lowest BCUT2D eigenvalue weighted by atomic mass is 9.90. The van der Waals surface area contributed by atoms with E-state index in [-0.39, 0.29) is 17.9 Å². The second-order valence-corrected chi connectivity index (χ2v) is 6.39. The van der Waals surface area contributed by atoms with Crippen LogP contribution in [0.25, 0.3) is 0 Å². The van der Waals surface area contributed by atoms with E-state index in [9.17, 15) is 9.90 Å². The average Bonchev–Trinajstić information content (AvgIpc) is 2.85. The van der Waals surface area contributed by atoms with Crippen LogP contribution in [-0.4, -0.2) is 29.0 Å². The van der Waals surface area contributed by atoms with Crippen LogP contribution >= 0.6 is 11.6 Å². The molecule has 1 N–H and O–H groups in total. The minimum absolute atomic E-state index is 0.0543. The van der Waals surface area contributed by atoms with Gasteiger partial charge in [-0.2, -0.15) is 0 Å². The SMILES string of the molecule is C=C(Cl)CON=C(CCC)C1=C(O)CC2(CCCC2)OC1=O. The molecule has 6 heteroatoms. The number of aliphatic hydroxyl groups is 1. The Kier molecular flexibility index (Phi) is 5.51. The lowest BCUT2D eigenvalue weighted by molar-refractivity contribution is -0.157. The predicted octanol–water partition coefficient (Wildman–Crippen LogP) is 3.98. The molecule has 0 amide bonds. The highest BCUT2D eigenvalue weighted by molar-refractivity contribution is 6.29. The summed E-state index contributed by atoms with van der Waals surface area (Å²) in [4.78, 5) is 17.4. The molecule has 1 aliphatic carbocycles. The molecule has 1 saturated carbocycles. The van der Waals surface area contributed by atoms with Gasteiger partial charge in [-0.1, -0.05) is 36.7 Å². The molecule has 122 valence electrons. The number of oxime groups is 1. The Morgan fingerprint density at radius 1 is 1.50 bits per heavy atom. The predicted molar refractivity (Wildman–Crippen MR) is 84.9 cm³/mol. The monoisotopic (exact) mass is 327 g/mol. The van der Waals surface area contributed by atoms with Gasteiger partial charge in [-0.15, -0.1) is 0 Å². The van der Waals surface area contributed by atoms with Crippen LogP contribution in [0.5, 0.6) is 0 Å². The van der Waals surface area contributed by atoms with Crippen molar-refractivity contribution in [2.75, 3.05) is 6.61 Å². The Labute approximate surface area is 135 Å². The van der Waals surface area contributed by atoms with Gasteiger partial charge < -0.3 is 14.7 Å². The first-order chi connectivity index (χ1) is 10.5. The lowest BCUT2D eigenvalue weighted by Gasteiger charge is -2.33. The number of hydrogen-bond acceptors (Lipinski definition) is 5. The molecule has 2 aliphatic rings. The summed E-state index contributed by atoms with van der Waals surface area (Å²) in [5.74, 6) is -0.454. The fourth-order valence-electron chi connectivity index (χ4n) is 3.01. The Hall–Kier alpha value is -1.49. The van der Waals surface area contributed by atoms with Crippen LogP contribution in [-0.2, 0) is 14.4 Å². The van der Waals surface area contributed by atoms with E-state index in [1.54, 1.807) is 0 Å². The number of halogens is 1. The number of ether oxygens (including phenoxy) is 1. The molecule has 1 aliphatic heterocycles. The third-order valence-corrected chi connectivity index (χ3v) is 4.09. The van der Waals surface area contributed by atoms with Crippen molar-refractivity contribution in [3.05, 3.63) is 22.9 Å². The van der Waals surface area contributed by atoms with Gasteiger partial charge in [0.25, 0.3) is 0 Å². The average molecular weight is 328 g/mol. The first kappa shape index (κ1) is 16.9. The molecule has 1 fully saturated rings. The van der Waals surface area contributed by atoms with Gasteiger partial charge in [-0.3, -0.25) is 0 Å². The third kappa shape index (κ3) is 3.83. The summed E-state index contributed by atoms with van der Waals surface area (Å²) in [6, 6.07) is 0. The third-order valence-electron chi connectivity index (χ3n) is 3.98. The molecule has 0 aromatic carbocycles. The van der Waals surface area contributed by atoms with Gasteiger partial charge in [0, 0.05) is 6.42 Å². The van der Waals surface area contributed by atoms with Gasteiger partial charge >= 0.3 is 5.97 Å². The van der Waals surface area contributed by atoms with Crippen molar-refractivity contribution in [1.29, 1.82) is 0 Å². The van der Waals surface area contributed by atoms with Crippen molar-refractivity contribution in [1.82, 2.24) is 0 Å². The minimum Gasteiger partial charge on any atom is -0.511 e. The molecule has 0 aromatic rings. The summed E-state index contributed by atoms with van der Waals surface area (Å²) in [5, 5.41) is 14.6. The molecule has 22 heavy (non-hydrogen) atoms. The normalized spacial score (nSPS) is 21.2. The highest BCUT2D eigenvalue weighted by Crippen LogP contribution is 2.42. The molecule has 1 heterocycles. The number of aliphatic hydroxyl groups excluding tert-OH is 1. The summed E-state index contributed by atoms with van der Waals surface area (Å²) in [7, 11) is 0. The first-order valence-corrected chi connectivity index (χ1v) is 8.03. The van der Waals surface area contributed by atoms with E-state index in [1.165, 1.54) is 0 Å². The van der Waals surface area contributed by atoms with E-state index < -0.39 is 11.6 Å². The van der Waals surface area contributed by atoms with Gasteiger partial charge in [0.15, 0.2) is 6.61 Å². The summed E-state index contributed by atoms with van der Waals surface area (Å²) in [5.41, 5.74) is 0.0168. The van der Waals surface area contributed by atoms with E-state index in [0.29, 0.717) is 23.6 Å². The minimum atomic E-state index is -0.521. The molecule has 0 saturated heterocycles. The number of hydrogen-bond donors (Lipinski definition) is 1. The zero-order valence-corrected chi connectivity index (χ0v) is 13.6. The zero-order valence-electron chi connectivity index (χ0n) is 12.9. The van der Waals surface area contributed by atoms with Crippen LogP contribution < -0.4 is 0 Å². The van der Waals surface area contributed by atoms with E-state index in [2.05, 4.69) is 11.7 Å². The molecule has 1 spiro atoms. The first-order valence-electron chi connectivity index (χ1n) is 7.65. The van der Waals surface area contributed by atoms with Gasteiger partial charge in [0.2, 0.25) is 0 Å². The second-order valence-electron chi connectivity index (χ2n) is 5.86.